The van der Waals surface area contributed by atoms with Gasteiger partial charge in [0.05, 0.1) is 24.6 Å². The summed E-state index contributed by atoms with van der Waals surface area (Å²) in [6.45, 7) is 22.4. The quantitative estimate of drug-likeness (QED) is 0.0520. The molecule has 0 atom stereocenters. The molecule has 6 aliphatic rings. The van der Waals surface area contributed by atoms with E-state index in [9.17, 15) is 33.9 Å². The third-order valence-corrected chi connectivity index (χ3v) is 15.8. The Morgan fingerprint density at radius 3 is 1.34 bits per heavy atom. The number of hydrogen-bond acceptors (Lipinski definition) is 16. The van der Waals surface area contributed by atoms with E-state index in [4.69, 9.17) is 80.9 Å². The van der Waals surface area contributed by atoms with Crippen LogP contribution in [0.25, 0.3) is 0 Å². The van der Waals surface area contributed by atoms with Crippen molar-refractivity contribution in [2.45, 2.75) is 175 Å². The van der Waals surface area contributed by atoms with Crippen LogP contribution >= 0.6 is 69.0 Å². The van der Waals surface area contributed by atoms with Gasteiger partial charge in [-0.25, -0.2) is 24.0 Å². The monoisotopic (exact) mass is 1470 g/mol. The first kappa shape index (κ1) is 77.0. The van der Waals surface area contributed by atoms with Gasteiger partial charge in [-0.2, -0.15) is 0 Å². The minimum Gasteiger partial charge on any atom is -0.444 e. The minimum absolute atomic E-state index is 0.00795. The Labute approximate surface area is 575 Å². The Hall–Kier alpha value is -5.73. The summed E-state index contributed by atoms with van der Waals surface area (Å²) < 4.78 is 26.5. The van der Waals surface area contributed by atoms with Crippen LogP contribution in [-0.2, 0) is 54.9 Å². The molecular weight excluding hydrogens is 1380 g/mol. The third kappa shape index (κ3) is 24.9. The lowest BCUT2D eigenvalue weighted by atomic mass is 10.0. The van der Waals surface area contributed by atoms with Gasteiger partial charge in [0.25, 0.3) is 0 Å². The highest BCUT2D eigenvalue weighted by Gasteiger charge is 2.37. The maximum absolute atomic E-state index is 12.3. The lowest BCUT2D eigenvalue weighted by molar-refractivity contribution is -0.121. The molecule has 6 aliphatic heterocycles. The number of ketones is 1. The molecule has 0 spiro atoms. The van der Waals surface area contributed by atoms with Crippen LogP contribution in [0.4, 0.5) is 46.7 Å². The molecule has 6 N–H and O–H groups in total. The van der Waals surface area contributed by atoms with Gasteiger partial charge in [-0.15, -0.1) is 0 Å². The molecule has 21 nitrogen and oxygen atoms in total. The lowest BCUT2D eigenvalue weighted by Crippen LogP contribution is -2.51. The number of alkyl halides is 1. The van der Waals surface area contributed by atoms with E-state index < -0.39 is 16.8 Å². The zero-order valence-corrected chi connectivity index (χ0v) is 59.6. The first-order valence-corrected chi connectivity index (χ1v) is 34.4. The lowest BCUT2D eigenvalue weighted by Gasteiger charge is -2.40. The molecule has 0 aromatic heterocycles. The molecule has 4 aromatic rings. The number of aliphatic hydroxyl groups excluding tert-OH is 2. The predicted octanol–water partition coefficient (Wildman–Crippen LogP) is 14.4. The third-order valence-electron chi connectivity index (χ3n) is 14.8. The first-order chi connectivity index (χ1) is 43.4. The van der Waals surface area contributed by atoms with Crippen LogP contribution in [0.3, 0.4) is 0 Å². The predicted molar refractivity (Wildman–Crippen MR) is 371 cm³/mol. The molecule has 26 heteroatoms. The van der Waals surface area contributed by atoms with E-state index >= 15 is 0 Å². The molecule has 92 heavy (non-hydrogen) atoms. The SMILES string of the molecule is CC(C)(C)OC(=O)N1CCC(=O)CC1.CC(C)(C)OC(=O)N1CCC(N2C(=O)OCc3cc(Cl)ccc32)CC1.CC(C)(C)OC(=O)N1CCC(Nc2ccc(Cl)cc2CO)CC1.CI.Nc1ccc(Cl)cc1CO.O=C1OCc2cc(Cl)ccc2N1C1CCNCC1. The number of hydrogen-bond donors (Lipinski definition) is 5. The van der Waals surface area contributed by atoms with Gasteiger partial charge in [-0.3, -0.25) is 14.6 Å². The molecule has 5 amide bonds. The highest BCUT2D eigenvalue weighted by molar-refractivity contribution is 14.1. The number of anilines is 4. The minimum atomic E-state index is -0.511. The molecule has 0 saturated carbocycles. The van der Waals surface area contributed by atoms with Crippen LogP contribution in [0.5, 0.6) is 0 Å². The molecule has 0 bridgehead atoms. The number of carbonyl (C=O) groups excluding carboxylic acids is 6. The van der Waals surface area contributed by atoms with Crippen molar-refractivity contribution in [2.24, 2.45) is 0 Å². The first-order valence-electron chi connectivity index (χ1n) is 30.7. The molecule has 0 aliphatic carbocycles. The number of ether oxygens (including phenoxy) is 5. The Morgan fingerprint density at radius 2 is 0.924 bits per heavy atom. The fourth-order valence-electron chi connectivity index (χ4n) is 10.4. The van der Waals surface area contributed by atoms with Gasteiger partial charge >= 0.3 is 30.5 Å². The van der Waals surface area contributed by atoms with Crippen molar-refractivity contribution in [3.63, 3.8) is 0 Å². The van der Waals surface area contributed by atoms with Crippen LogP contribution in [0, 0.1) is 0 Å². The summed E-state index contributed by atoms with van der Waals surface area (Å²) in [4.78, 5) is 81.5. The van der Waals surface area contributed by atoms with Crippen molar-refractivity contribution in [1.82, 2.24) is 20.0 Å². The molecule has 0 unspecified atom stereocenters. The number of nitrogens with one attached hydrogen (secondary N) is 2. The second-order valence-electron chi connectivity index (χ2n) is 25.4. The number of nitrogens with zero attached hydrogens (tertiary/aromatic N) is 5. The second-order valence-corrected chi connectivity index (χ2v) is 27.2. The van der Waals surface area contributed by atoms with Crippen molar-refractivity contribution in [3.05, 3.63) is 115 Å². The molecule has 0 radical (unpaired) electrons. The number of cyclic esters (lactones) is 2. The van der Waals surface area contributed by atoms with Gasteiger partial charge in [0.15, 0.2) is 0 Å². The number of fused-ring (bicyclic) bond motifs is 2. The van der Waals surface area contributed by atoms with Crippen molar-refractivity contribution in [3.8, 4) is 0 Å². The largest absolute Gasteiger partial charge is 0.444 e. The number of piperidine rings is 4. The second kappa shape index (κ2) is 36.2. The normalized spacial score (nSPS) is 17.1. The summed E-state index contributed by atoms with van der Waals surface area (Å²) in [5.74, 6) is 0.227. The molecule has 10 rings (SSSR count). The number of aliphatic hydroxyl groups is 2. The van der Waals surface area contributed by atoms with Crippen LogP contribution < -0.4 is 26.2 Å². The van der Waals surface area contributed by atoms with Crippen LogP contribution in [0.1, 0.15) is 136 Å². The molecule has 4 fully saturated rings. The summed E-state index contributed by atoms with van der Waals surface area (Å²) in [6.07, 6.45) is 4.41. The average Bonchev–Trinajstić information content (AvgIpc) is 0.833. The van der Waals surface area contributed by atoms with Crippen LogP contribution in [0.15, 0.2) is 72.8 Å². The standard InChI is InChI=1S/C18H23ClN2O4.C17H25ClN2O3.C13H15ClN2O2.C10H17NO3.C7H8ClNO.CH3I/c1-18(2,3)25-16(22)20-8-6-14(7-9-20)21-15-5-4-13(19)10-12(15)11-24-17(21)23;1-17(2,3)23-16(22)20-8-6-14(7-9-20)19-15-5-4-13(18)10-12(15)11-21;14-10-1-2-12-9(7-10)8-18-13(17)16(12)11-3-5-15-6-4-11;1-10(2,3)14-9(13)11-6-4-8(12)5-7-11;8-6-1-2-7(9)5(3-6)4-10;1-2/h4-5,10,14H,6-9,11H2,1-3H3;4-5,10,14,19,21H,6-9,11H2,1-3H3;1-2,7,11,15H,3-6,8H2;4-7H2,1-3H3;1-3,10H,4,9H2;1H3. The van der Waals surface area contributed by atoms with Gasteiger partial charge in [0, 0.05) is 124 Å². The fraction of sp³-hybridized carbons (Fsp3) is 0.545. The van der Waals surface area contributed by atoms with Gasteiger partial charge in [0.2, 0.25) is 0 Å². The van der Waals surface area contributed by atoms with E-state index in [2.05, 4.69) is 33.2 Å². The number of rotatable bonds is 6. The number of halogens is 5. The van der Waals surface area contributed by atoms with Crippen LogP contribution in [0.2, 0.25) is 20.1 Å². The average molecular weight is 1470 g/mol. The summed E-state index contributed by atoms with van der Waals surface area (Å²) >= 11 is 25.7. The van der Waals surface area contributed by atoms with Gasteiger partial charge in [-0.05, 0) is 192 Å². The molecular formula is C66H91Cl4IN8O13. The summed E-state index contributed by atoms with van der Waals surface area (Å²) in [7, 11) is 0. The van der Waals surface area contributed by atoms with Crippen molar-refractivity contribution >= 4 is 128 Å². The van der Waals surface area contributed by atoms with Gasteiger partial charge < -0.3 is 65.0 Å². The topological polar surface area (TPSA) is 255 Å². The number of nitrogens with two attached hydrogens (primary N) is 1. The summed E-state index contributed by atoms with van der Waals surface area (Å²) in [6, 6.07) is 22.0. The molecule has 4 saturated heterocycles. The number of amides is 5. The van der Waals surface area contributed by atoms with E-state index in [1.54, 1.807) is 60.9 Å². The van der Waals surface area contributed by atoms with E-state index in [1.165, 1.54) is 0 Å². The Bertz CT molecular complexity index is 3100. The zero-order valence-electron chi connectivity index (χ0n) is 54.4. The smallest absolute Gasteiger partial charge is 0.414 e. The number of likely N-dealkylation sites (tertiary alicyclic amines) is 3. The number of carbonyl (C=O) groups is 6. The van der Waals surface area contributed by atoms with Crippen molar-refractivity contribution < 1.29 is 62.7 Å². The maximum Gasteiger partial charge on any atom is 0.414 e. The van der Waals surface area contributed by atoms with Gasteiger partial charge in [-0.1, -0.05) is 69.0 Å². The van der Waals surface area contributed by atoms with Crippen molar-refractivity contribution in [2.75, 3.05) is 78.1 Å². The van der Waals surface area contributed by atoms with E-state index in [0.717, 1.165) is 72.5 Å². The van der Waals surface area contributed by atoms with Gasteiger partial charge in [0.1, 0.15) is 35.8 Å². The number of nitrogen functional groups attached to an aromatic ring is 1. The summed E-state index contributed by atoms with van der Waals surface area (Å²) in [5.41, 5.74) is 10.7. The Balaban J connectivity index is 0.000000213. The number of Topliss-reactive ketones (excluding diaryl/α,β-unsaturated/α-hetero) is 1. The van der Waals surface area contributed by atoms with E-state index in [0.29, 0.717) is 103 Å². The molecule has 6 heterocycles. The Morgan fingerprint density at radius 1 is 0.554 bits per heavy atom. The van der Waals surface area contributed by atoms with Crippen LogP contribution in [-0.4, -0.2) is 153 Å². The molecule has 4 aromatic carbocycles. The maximum atomic E-state index is 12.3. The summed E-state index contributed by atoms with van der Waals surface area (Å²) in [5, 5.41) is 27.4. The molecule has 508 valence electrons. The Kier molecular flexibility index (Phi) is 30.3. The highest BCUT2D eigenvalue weighted by atomic mass is 127. The van der Waals surface area contributed by atoms with E-state index in [1.807, 2.05) is 104 Å². The van der Waals surface area contributed by atoms with E-state index in [-0.39, 0.29) is 74.2 Å². The fourth-order valence-corrected chi connectivity index (χ4v) is 11.2. The van der Waals surface area contributed by atoms with Crippen molar-refractivity contribution in [1.29, 1.82) is 0 Å². The number of benzene rings is 4. The highest BCUT2D eigenvalue weighted by Crippen LogP contribution is 2.36. The zero-order chi connectivity index (χ0) is 68.1.